The van der Waals surface area contributed by atoms with Gasteiger partial charge >= 0.3 is 11.8 Å². The number of hydrogen-bond donors (Lipinski definition) is 2. The zero-order valence-corrected chi connectivity index (χ0v) is 15.0. The average Bonchev–Trinajstić information content (AvgIpc) is 2.97. The molecule has 1 saturated heterocycles. The van der Waals surface area contributed by atoms with E-state index < -0.39 is 21.8 Å². The molecule has 0 radical (unpaired) electrons. The maximum atomic E-state index is 12.2. The van der Waals surface area contributed by atoms with Crippen LogP contribution in [0.3, 0.4) is 0 Å². The molecule has 0 aromatic heterocycles. The molecule has 0 bridgehead atoms. The summed E-state index contributed by atoms with van der Waals surface area (Å²) < 4.78 is 25.5. The summed E-state index contributed by atoms with van der Waals surface area (Å²) in [7, 11) is -3.31. The molecule has 0 atom stereocenters. The highest BCUT2D eigenvalue weighted by Gasteiger charge is 2.28. The van der Waals surface area contributed by atoms with Crippen LogP contribution in [0, 0.1) is 6.92 Å². The fourth-order valence-electron chi connectivity index (χ4n) is 2.72. The molecule has 3 rings (SSSR count). The Labute approximate surface area is 152 Å². The van der Waals surface area contributed by atoms with Crippen LogP contribution in [-0.2, 0) is 19.6 Å². The lowest BCUT2D eigenvalue weighted by molar-refractivity contribution is -0.133. The number of nitrogens with one attached hydrogen (secondary N) is 2. The molecule has 2 aromatic carbocycles. The van der Waals surface area contributed by atoms with Crippen molar-refractivity contribution in [3.8, 4) is 0 Å². The van der Waals surface area contributed by atoms with Crippen LogP contribution < -0.4 is 14.9 Å². The Hall–Kier alpha value is -2.87. The first-order valence-electron chi connectivity index (χ1n) is 8.15. The molecule has 0 unspecified atom stereocenters. The van der Waals surface area contributed by atoms with Gasteiger partial charge in [0.2, 0.25) is 10.0 Å². The van der Waals surface area contributed by atoms with Gasteiger partial charge in [0.25, 0.3) is 0 Å². The largest absolute Gasteiger partial charge is 0.318 e. The smallest absolute Gasteiger partial charge is 0.314 e. The Balaban J connectivity index is 1.76. The highest BCUT2D eigenvalue weighted by molar-refractivity contribution is 7.93. The second-order valence-corrected chi connectivity index (χ2v) is 8.03. The highest BCUT2D eigenvalue weighted by atomic mass is 32.2. The number of hydrogen-bond acceptors (Lipinski definition) is 4. The number of anilines is 3. The van der Waals surface area contributed by atoms with Crippen LogP contribution >= 0.6 is 0 Å². The lowest BCUT2D eigenvalue weighted by atomic mass is 10.1. The van der Waals surface area contributed by atoms with Gasteiger partial charge in [0.05, 0.1) is 11.4 Å². The summed E-state index contributed by atoms with van der Waals surface area (Å²) in [5.74, 6) is -1.50. The monoisotopic (exact) mass is 373 g/mol. The Bertz CT molecular complexity index is 942. The van der Waals surface area contributed by atoms with E-state index in [2.05, 4.69) is 10.6 Å². The molecule has 1 aliphatic rings. The van der Waals surface area contributed by atoms with Gasteiger partial charge in [-0.05, 0) is 43.2 Å². The third kappa shape index (κ3) is 3.85. The molecule has 2 amide bonds. The van der Waals surface area contributed by atoms with E-state index in [1.165, 1.54) is 4.31 Å². The number of rotatable bonds is 3. The topological polar surface area (TPSA) is 95.6 Å². The van der Waals surface area contributed by atoms with Crippen molar-refractivity contribution in [1.82, 2.24) is 0 Å². The number of amides is 2. The molecule has 7 nitrogen and oxygen atoms in total. The zero-order chi connectivity index (χ0) is 18.7. The molecule has 2 N–H and O–H groups in total. The Morgan fingerprint density at radius 1 is 1.00 bits per heavy atom. The number of aryl methyl sites for hydroxylation is 1. The summed E-state index contributed by atoms with van der Waals surface area (Å²) >= 11 is 0. The summed E-state index contributed by atoms with van der Waals surface area (Å²) in [4.78, 5) is 24.2. The van der Waals surface area contributed by atoms with Crippen molar-refractivity contribution in [2.75, 3.05) is 27.2 Å². The van der Waals surface area contributed by atoms with Crippen molar-refractivity contribution in [2.45, 2.75) is 13.3 Å². The van der Waals surface area contributed by atoms with E-state index in [1.54, 1.807) is 55.5 Å². The zero-order valence-electron chi connectivity index (χ0n) is 14.2. The van der Waals surface area contributed by atoms with Crippen LogP contribution in [0.2, 0.25) is 0 Å². The minimum atomic E-state index is -3.31. The molecule has 0 spiro atoms. The van der Waals surface area contributed by atoms with E-state index in [0.29, 0.717) is 30.0 Å². The Morgan fingerprint density at radius 3 is 2.35 bits per heavy atom. The van der Waals surface area contributed by atoms with Crippen molar-refractivity contribution < 1.29 is 18.0 Å². The summed E-state index contributed by atoms with van der Waals surface area (Å²) in [5, 5.41) is 5.06. The van der Waals surface area contributed by atoms with Gasteiger partial charge in [-0.2, -0.15) is 0 Å². The van der Waals surface area contributed by atoms with Gasteiger partial charge in [0.1, 0.15) is 0 Å². The number of nitrogens with zero attached hydrogens (tertiary/aromatic N) is 1. The van der Waals surface area contributed by atoms with E-state index in [1.807, 2.05) is 0 Å². The summed E-state index contributed by atoms with van der Waals surface area (Å²) in [6, 6.07) is 13.6. The van der Waals surface area contributed by atoms with Gasteiger partial charge in [0, 0.05) is 17.9 Å². The van der Waals surface area contributed by atoms with Crippen LogP contribution in [0.1, 0.15) is 12.0 Å². The minimum Gasteiger partial charge on any atom is -0.318 e. The van der Waals surface area contributed by atoms with Gasteiger partial charge in [-0.3, -0.25) is 13.9 Å². The lowest BCUT2D eigenvalue weighted by Crippen LogP contribution is -2.29. The fourth-order valence-corrected chi connectivity index (χ4v) is 4.27. The van der Waals surface area contributed by atoms with Gasteiger partial charge in [0.15, 0.2) is 0 Å². The van der Waals surface area contributed by atoms with Crippen LogP contribution in [0.15, 0.2) is 48.5 Å². The number of benzene rings is 2. The van der Waals surface area contributed by atoms with Crippen molar-refractivity contribution in [3.05, 3.63) is 54.1 Å². The number of carbonyl (C=O) groups excluding carboxylic acids is 2. The molecule has 1 fully saturated rings. The van der Waals surface area contributed by atoms with Crippen LogP contribution in [0.25, 0.3) is 0 Å². The van der Waals surface area contributed by atoms with E-state index in [0.717, 1.165) is 5.56 Å². The van der Waals surface area contributed by atoms with Crippen molar-refractivity contribution >= 4 is 38.9 Å². The maximum Gasteiger partial charge on any atom is 0.314 e. The first-order chi connectivity index (χ1) is 12.4. The molecule has 26 heavy (non-hydrogen) atoms. The number of carbonyl (C=O) groups is 2. The third-order valence-electron chi connectivity index (χ3n) is 4.09. The number of sulfonamides is 1. The normalized spacial score (nSPS) is 15.5. The third-order valence-corrected chi connectivity index (χ3v) is 5.96. The minimum absolute atomic E-state index is 0.113. The molecule has 8 heteroatoms. The molecular weight excluding hydrogens is 354 g/mol. The van der Waals surface area contributed by atoms with Gasteiger partial charge in [-0.25, -0.2) is 8.42 Å². The van der Waals surface area contributed by atoms with Crippen molar-refractivity contribution in [3.63, 3.8) is 0 Å². The lowest BCUT2D eigenvalue weighted by Gasteiger charge is -2.19. The van der Waals surface area contributed by atoms with E-state index in [9.17, 15) is 18.0 Å². The second-order valence-electron chi connectivity index (χ2n) is 6.02. The summed E-state index contributed by atoms with van der Waals surface area (Å²) in [6.45, 7) is 2.18. The molecular formula is C18H19N3O4S. The Morgan fingerprint density at radius 2 is 1.69 bits per heavy atom. The SMILES string of the molecule is Cc1ccc(N2CCCS2(=O)=O)cc1NC(=O)C(=O)Nc1ccccc1. The second kappa shape index (κ2) is 7.17. The van der Waals surface area contributed by atoms with Crippen LogP contribution in [-0.4, -0.2) is 32.5 Å². The van der Waals surface area contributed by atoms with Gasteiger partial charge in [-0.15, -0.1) is 0 Å². The fraction of sp³-hybridized carbons (Fsp3) is 0.222. The molecule has 1 aliphatic heterocycles. The molecule has 0 aliphatic carbocycles. The standard InChI is InChI=1S/C18H19N3O4S/c1-13-8-9-15(21-10-5-11-26(21,24)25)12-16(13)20-18(23)17(22)19-14-6-3-2-4-7-14/h2-4,6-9,12H,5,10-11H2,1H3,(H,19,22)(H,20,23). The predicted octanol–water partition coefficient (Wildman–Crippen LogP) is 2.11. The highest BCUT2D eigenvalue weighted by Crippen LogP contribution is 2.28. The predicted molar refractivity (Wildman–Crippen MR) is 101 cm³/mol. The molecule has 136 valence electrons. The summed E-state index contributed by atoms with van der Waals surface area (Å²) in [6.07, 6.45) is 0.567. The average molecular weight is 373 g/mol. The first kappa shape index (κ1) is 17.9. The molecule has 1 heterocycles. The Kier molecular flexibility index (Phi) is 4.94. The van der Waals surface area contributed by atoms with Crippen molar-refractivity contribution in [2.24, 2.45) is 0 Å². The van der Waals surface area contributed by atoms with E-state index in [-0.39, 0.29) is 5.75 Å². The van der Waals surface area contributed by atoms with Crippen molar-refractivity contribution in [1.29, 1.82) is 0 Å². The quantitative estimate of drug-likeness (QED) is 0.806. The van der Waals surface area contributed by atoms with E-state index >= 15 is 0 Å². The first-order valence-corrected chi connectivity index (χ1v) is 9.76. The van der Waals surface area contributed by atoms with Crippen LogP contribution in [0.5, 0.6) is 0 Å². The molecule has 2 aromatic rings. The maximum absolute atomic E-state index is 12.2. The van der Waals surface area contributed by atoms with E-state index in [4.69, 9.17) is 0 Å². The van der Waals surface area contributed by atoms with Crippen LogP contribution in [0.4, 0.5) is 17.1 Å². The van der Waals surface area contributed by atoms with Gasteiger partial charge < -0.3 is 10.6 Å². The molecule has 0 saturated carbocycles. The number of para-hydroxylation sites is 1. The van der Waals surface area contributed by atoms with Gasteiger partial charge in [-0.1, -0.05) is 24.3 Å². The summed E-state index contributed by atoms with van der Waals surface area (Å²) in [5.41, 5.74) is 2.12.